The van der Waals surface area contributed by atoms with Gasteiger partial charge in [0.15, 0.2) is 5.60 Å². The molecule has 3 saturated heterocycles. The van der Waals surface area contributed by atoms with Gasteiger partial charge >= 0.3 is 11.9 Å². The average Bonchev–Trinajstić information content (AvgIpc) is 1.47. The number of carbonyl (C=O) groups excluding carboxylic acids is 3. The third-order valence-electron chi connectivity index (χ3n) is 20.6. The number of rotatable bonds is 10. The number of aliphatic hydroxyl groups is 4. The van der Waals surface area contributed by atoms with Crippen LogP contribution in [0.25, 0.3) is 0 Å². The lowest BCUT2D eigenvalue weighted by molar-refractivity contribution is -0.228. The predicted molar refractivity (Wildman–Crippen MR) is 369 cm³/mol. The SMILES string of the molecule is C#CC#CC#CC#CC#CC#CC.CC[C@]12C=CCN3CC[C@@]4(c5ccc(OC)cc5N(C)[C@H]4[C@@](O)(CO)[C@@H]1O)[C@@H]32.CC[C@]12C=CCN3CC[C@@]4(c5ccc(OC)cc5N(C)[C@H]4[C@@](O)(COC(=O)c4ccccc4)[C@@H]1OC(C)=O)[C@@H]32.O=C(c1ccccc1)N1CCSC1=S. The van der Waals surface area contributed by atoms with E-state index < -0.39 is 70.3 Å². The van der Waals surface area contributed by atoms with Gasteiger partial charge in [0.2, 0.25) is 0 Å². The van der Waals surface area contributed by atoms with E-state index >= 15 is 0 Å². The van der Waals surface area contributed by atoms with E-state index in [0.717, 1.165) is 79.8 Å². The molecule has 486 valence electrons. The maximum absolute atomic E-state index is 13.1. The summed E-state index contributed by atoms with van der Waals surface area (Å²) in [6.07, 6.45) is 14.4. The van der Waals surface area contributed by atoms with Gasteiger partial charge in [-0.2, -0.15) is 0 Å². The van der Waals surface area contributed by atoms with Crippen LogP contribution in [-0.2, 0) is 25.1 Å². The highest BCUT2D eigenvalue weighted by Gasteiger charge is 2.79. The van der Waals surface area contributed by atoms with E-state index in [1.165, 1.54) is 12.5 Å². The van der Waals surface area contributed by atoms with Crippen molar-refractivity contribution in [3.63, 3.8) is 0 Å². The van der Waals surface area contributed by atoms with Crippen LogP contribution in [-0.4, -0.2) is 185 Å². The van der Waals surface area contributed by atoms with E-state index in [2.05, 4.69) is 135 Å². The van der Waals surface area contributed by atoms with Gasteiger partial charge in [-0.3, -0.25) is 24.3 Å². The standard InChI is InChI=1S/C31H36N2O6.C22H30N2O4.C13H4.C10H9NOS2/c1-5-29-14-9-16-33-17-15-30(26(29)33)23-13-12-22(37-4)18-24(23)32(3)27(30)31(36,28(29)39-20(2)34)19-38-25(35)21-10-7-6-8-11-21;1-4-20-8-5-10-24-11-9-21(17(20)24)15-7-6-14(28-3)12-16(15)23(2)18(21)22(27,13-25)19(20)26;1-3-5-7-9-11-13-12-10-8-6-4-2;12-9(8-4-2-1-3-5-8)11-6-7-14-10(11)13/h6-14,18,26-28,36H,5,15-17,19H2,1-4H3;5-8,12,17-19,25-27H,4,9-11,13H2,1-3H3;1H,2H3;1-5H,6-7H2/t26-,27+,28+,29+,30+,31-;17-,18+,19+,20+,21+,22-;;/m00../s1. The van der Waals surface area contributed by atoms with E-state index in [1.54, 1.807) is 62.1 Å². The Balaban J connectivity index is 0.000000152. The van der Waals surface area contributed by atoms with Crippen LogP contribution in [0, 0.1) is 82.4 Å². The van der Waals surface area contributed by atoms with E-state index in [9.17, 15) is 34.8 Å². The third-order valence-corrected chi connectivity index (χ3v) is 22.0. The summed E-state index contributed by atoms with van der Waals surface area (Å²) >= 11 is 6.65. The van der Waals surface area contributed by atoms with Gasteiger partial charge in [-0.05, 0) is 152 Å². The number of thiocarbonyl (C=S) groups is 1. The molecule has 7 aliphatic heterocycles. The van der Waals surface area contributed by atoms with Crippen molar-refractivity contribution in [2.24, 2.45) is 10.8 Å². The molecule has 12 atom stereocenters. The summed E-state index contributed by atoms with van der Waals surface area (Å²) in [5.74, 6) is 28.4. The number of hydrogen-bond donors (Lipinski definition) is 4. The largest absolute Gasteiger partial charge is 0.497 e. The Morgan fingerprint density at radius 3 is 1.63 bits per heavy atom. The summed E-state index contributed by atoms with van der Waals surface area (Å²) in [5, 5.41) is 46.7. The zero-order valence-electron chi connectivity index (χ0n) is 54.3. The number of anilines is 2. The highest BCUT2D eigenvalue weighted by molar-refractivity contribution is 8.23. The zero-order valence-corrected chi connectivity index (χ0v) is 55.9. The Hall–Kier alpha value is -8.47. The second-order valence-electron chi connectivity index (χ2n) is 24.8. The van der Waals surface area contributed by atoms with Gasteiger partial charge in [-0.1, -0.05) is 117 Å². The van der Waals surface area contributed by atoms with Gasteiger partial charge in [0.05, 0.1) is 44.6 Å². The number of amides is 1. The van der Waals surface area contributed by atoms with Crippen LogP contribution in [0.2, 0.25) is 0 Å². The van der Waals surface area contributed by atoms with Crippen molar-refractivity contribution in [3.8, 4) is 83.0 Å². The lowest BCUT2D eigenvalue weighted by atomic mass is 9.48. The number of thioether (sulfide) groups is 1. The molecule has 13 rings (SSSR count). The molecule has 9 aliphatic rings. The fraction of sp³-hybridized carbons (Fsp3) is 0.421. The number of ether oxygens (including phenoxy) is 4. The van der Waals surface area contributed by atoms with Crippen LogP contribution in [0.4, 0.5) is 11.4 Å². The van der Waals surface area contributed by atoms with Gasteiger partial charge in [-0.15, -0.1) is 6.42 Å². The molecule has 94 heavy (non-hydrogen) atoms. The molecule has 4 N–H and O–H groups in total. The quantitative estimate of drug-likeness (QED) is 0.0549. The van der Waals surface area contributed by atoms with Gasteiger partial charge in [0.25, 0.3) is 5.91 Å². The molecular formula is C76H79N5O11S2. The molecule has 2 spiro atoms. The number of benzene rings is 4. The van der Waals surface area contributed by atoms with E-state index in [0.29, 0.717) is 28.3 Å². The fourth-order valence-corrected chi connectivity index (χ4v) is 18.6. The maximum Gasteiger partial charge on any atom is 0.338 e. The lowest BCUT2D eigenvalue weighted by Gasteiger charge is -2.64. The molecule has 7 heterocycles. The molecule has 2 aliphatic carbocycles. The monoisotopic (exact) mass is 1300 g/mol. The smallest absolute Gasteiger partial charge is 0.338 e. The molecule has 18 heteroatoms. The van der Waals surface area contributed by atoms with Crippen molar-refractivity contribution in [3.05, 3.63) is 144 Å². The summed E-state index contributed by atoms with van der Waals surface area (Å²) in [7, 11) is 7.22. The molecule has 4 aromatic carbocycles. The summed E-state index contributed by atoms with van der Waals surface area (Å²) in [6, 6.07) is 29.4. The maximum atomic E-state index is 13.1. The van der Waals surface area contributed by atoms with Crippen LogP contribution in [0.1, 0.15) is 85.2 Å². The minimum Gasteiger partial charge on any atom is -0.497 e. The molecule has 2 saturated carbocycles. The summed E-state index contributed by atoms with van der Waals surface area (Å²) in [4.78, 5) is 48.4. The van der Waals surface area contributed by atoms with Gasteiger partial charge < -0.3 is 49.2 Å². The topological polar surface area (TPSA) is 185 Å². The van der Waals surface area contributed by atoms with Crippen LogP contribution in [0.5, 0.6) is 11.5 Å². The second-order valence-corrected chi connectivity index (χ2v) is 26.6. The minimum atomic E-state index is -1.71. The number of terminal acetylenes is 1. The van der Waals surface area contributed by atoms with Gasteiger partial charge in [0, 0.05) is 109 Å². The predicted octanol–water partition coefficient (Wildman–Crippen LogP) is 7.03. The van der Waals surface area contributed by atoms with Gasteiger partial charge in [0.1, 0.15) is 34.1 Å². The first-order valence-electron chi connectivity index (χ1n) is 31.5. The Morgan fingerprint density at radius 1 is 0.670 bits per heavy atom. The van der Waals surface area contributed by atoms with Crippen LogP contribution in [0.15, 0.2) is 121 Å². The van der Waals surface area contributed by atoms with Crippen molar-refractivity contribution in [2.75, 3.05) is 89.8 Å². The first-order valence-corrected chi connectivity index (χ1v) is 32.9. The Kier molecular flexibility index (Phi) is 20.5. The summed E-state index contributed by atoms with van der Waals surface area (Å²) in [5.41, 5.74) is -0.0108. The number of hydrogen-bond acceptors (Lipinski definition) is 17. The number of likely N-dealkylation sites (N-methyl/N-ethyl adjacent to an activating group) is 2. The van der Waals surface area contributed by atoms with E-state index in [4.69, 9.17) is 37.6 Å². The molecule has 16 nitrogen and oxygen atoms in total. The minimum absolute atomic E-state index is 0.0144. The Bertz CT molecular complexity index is 4030. The molecule has 0 radical (unpaired) electrons. The normalized spacial score (nSPS) is 30.1. The Labute approximate surface area is 562 Å². The summed E-state index contributed by atoms with van der Waals surface area (Å²) < 4.78 is 23.7. The van der Waals surface area contributed by atoms with Crippen molar-refractivity contribution in [1.82, 2.24) is 14.7 Å². The second kappa shape index (κ2) is 28.2. The number of aliphatic hydroxyl groups excluding tert-OH is 2. The van der Waals surface area contributed by atoms with Gasteiger partial charge in [-0.25, -0.2) is 4.79 Å². The molecule has 0 unspecified atom stereocenters. The highest BCUT2D eigenvalue weighted by atomic mass is 32.2. The molecule has 4 aromatic rings. The molecule has 0 bridgehead atoms. The number of esters is 2. The number of nitrogens with zero attached hydrogens (tertiary/aromatic N) is 5. The number of methoxy groups -OCH3 is 2. The van der Waals surface area contributed by atoms with Crippen molar-refractivity contribution < 1.29 is 53.8 Å². The van der Waals surface area contributed by atoms with Crippen molar-refractivity contribution in [2.45, 2.75) is 112 Å². The van der Waals surface area contributed by atoms with Crippen LogP contribution in [0.3, 0.4) is 0 Å². The molecular weight excluding hydrogens is 1220 g/mol. The van der Waals surface area contributed by atoms with E-state index in [-0.39, 0.29) is 30.0 Å². The molecule has 1 amide bonds. The van der Waals surface area contributed by atoms with Crippen molar-refractivity contribution >= 4 is 57.5 Å². The fourth-order valence-electron chi connectivity index (χ4n) is 17.4. The number of fused-ring (bicyclic) bond motifs is 2. The average molecular weight is 1300 g/mol. The first-order chi connectivity index (χ1) is 45.3. The van der Waals surface area contributed by atoms with Crippen LogP contribution >= 0.6 is 24.0 Å². The molecule has 0 aromatic heterocycles. The van der Waals surface area contributed by atoms with Crippen molar-refractivity contribution in [1.29, 1.82) is 0 Å². The third kappa shape index (κ3) is 11.5. The molecule has 5 fully saturated rings. The van der Waals surface area contributed by atoms with E-state index in [1.807, 2.05) is 74.8 Å². The van der Waals surface area contributed by atoms with Crippen LogP contribution < -0.4 is 19.3 Å². The first kappa shape index (κ1) is 68.4. The summed E-state index contributed by atoms with van der Waals surface area (Å²) in [6.45, 7) is 10.6. The Morgan fingerprint density at radius 2 is 1.16 bits per heavy atom. The number of carbonyl (C=O) groups is 3. The zero-order chi connectivity index (χ0) is 67.2. The highest BCUT2D eigenvalue weighted by Crippen LogP contribution is 2.69. The lowest BCUT2D eigenvalue weighted by Crippen LogP contribution is -2.80.